The number of phenols is 1. The zero-order valence-electron chi connectivity index (χ0n) is 11.2. The summed E-state index contributed by atoms with van der Waals surface area (Å²) in [5.41, 5.74) is 5.24. The summed E-state index contributed by atoms with van der Waals surface area (Å²) < 4.78 is 44.1. The number of ether oxygens (including phenoxy) is 1. The molecule has 21 heavy (non-hydrogen) atoms. The smallest absolute Gasteiger partial charge is 0.420 e. The van der Waals surface area contributed by atoms with E-state index in [1.807, 2.05) is 6.92 Å². The van der Waals surface area contributed by atoms with E-state index in [0.717, 1.165) is 17.7 Å². The molecule has 0 aliphatic heterocycles. The van der Waals surface area contributed by atoms with Crippen LogP contribution >= 0.6 is 0 Å². The third-order valence-electron chi connectivity index (χ3n) is 2.96. The summed E-state index contributed by atoms with van der Waals surface area (Å²) in [4.78, 5) is 0. The van der Waals surface area contributed by atoms with Gasteiger partial charge in [0.1, 0.15) is 11.3 Å². The molecule has 0 saturated heterocycles. The standard InChI is InChI=1S/C15H14F3NO2/c1-2-9-3-5-14(12(20)7-9)21-13-6-4-10(19)8-11(13)15(16,17)18/h3-8,20H,2,19H2,1H3. The zero-order chi connectivity index (χ0) is 15.6. The highest BCUT2D eigenvalue weighted by atomic mass is 19.4. The van der Waals surface area contributed by atoms with Crippen molar-refractivity contribution in [3.05, 3.63) is 47.5 Å². The second kappa shape index (κ2) is 5.55. The molecule has 0 heterocycles. The van der Waals surface area contributed by atoms with Crippen LogP contribution in [-0.4, -0.2) is 5.11 Å². The van der Waals surface area contributed by atoms with Crippen molar-refractivity contribution in [2.24, 2.45) is 0 Å². The van der Waals surface area contributed by atoms with Gasteiger partial charge >= 0.3 is 6.18 Å². The maximum Gasteiger partial charge on any atom is 0.420 e. The van der Waals surface area contributed by atoms with Crippen molar-refractivity contribution in [2.75, 3.05) is 5.73 Å². The fraction of sp³-hybridized carbons (Fsp3) is 0.200. The van der Waals surface area contributed by atoms with Gasteiger partial charge in [0, 0.05) is 5.69 Å². The SMILES string of the molecule is CCc1ccc(Oc2ccc(N)cc2C(F)(F)F)c(O)c1. The summed E-state index contributed by atoms with van der Waals surface area (Å²) in [5.74, 6) is -0.655. The number of hydrogen-bond acceptors (Lipinski definition) is 3. The van der Waals surface area contributed by atoms with Crippen LogP contribution in [0, 0.1) is 0 Å². The Bertz CT molecular complexity index is 654. The Kier molecular flexibility index (Phi) is 3.97. The van der Waals surface area contributed by atoms with Crippen LogP contribution in [0.5, 0.6) is 17.2 Å². The van der Waals surface area contributed by atoms with E-state index in [-0.39, 0.29) is 17.2 Å². The number of aromatic hydroxyl groups is 1. The highest BCUT2D eigenvalue weighted by Gasteiger charge is 2.35. The number of nitrogens with two attached hydrogens (primary N) is 1. The highest BCUT2D eigenvalue weighted by Crippen LogP contribution is 2.41. The van der Waals surface area contributed by atoms with E-state index in [9.17, 15) is 18.3 Å². The monoisotopic (exact) mass is 297 g/mol. The Morgan fingerprint density at radius 2 is 1.76 bits per heavy atom. The third-order valence-corrected chi connectivity index (χ3v) is 2.96. The first kappa shape index (κ1) is 15.0. The molecule has 0 amide bonds. The van der Waals surface area contributed by atoms with Crippen LogP contribution < -0.4 is 10.5 Å². The van der Waals surface area contributed by atoms with Gasteiger partial charge in [0.2, 0.25) is 0 Å². The summed E-state index contributed by atoms with van der Waals surface area (Å²) in [6.07, 6.45) is -3.90. The molecule has 0 aliphatic rings. The summed E-state index contributed by atoms with van der Waals surface area (Å²) in [6.45, 7) is 1.90. The molecule has 2 aromatic rings. The normalized spacial score (nSPS) is 11.4. The number of aryl methyl sites for hydroxylation is 1. The van der Waals surface area contributed by atoms with Crippen molar-refractivity contribution in [3.63, 3.8) is 0 Å². The van der Waals surface area contributed by atoms with E-state index in [0.29, 0.717) is 6.42 Å². The van der Waals surface area contributed by atoms with Gasteiger partial charge in [-0.25, -0.2) is 0 Å². The predicted molar refractivity (Wildman–Crippen MR) is 73.4 cm³/mol. The van der Waals surface area contributed by atoms with Crippen molar-refractivity contribution in [1.82, 2.24) is 0 Å². The van der Waals surface area contributed by atoms with Gasteiger partial charge in [-0.05, 0) is 42.3 Å². The lowest BCUT2D eigenvalue weighted by molar-refractivity contribution is -0.138. The molecular formula is C15H14F3NO2. The van der Waals surface area contributed by atoms with E-state index in [1.165, 1.54) is 18.2 Å². The molecule has 2 rings (SSSR count). The minimum absolute atomic E-state index is 0.0137. The lowest BCUT2D eigenvalue weighted by Gasteiger charge is -2.15. The molecule has 0 spiro atoms. The minimum atomic E-state index is -4.59. The predicted octanol–water partition coefficient (Wildman–Crippen LogP) is 4.35. The average Bonchev–Trinajstić information content (AvgIpc) is 2.41. The second-order valence-electron chi connectivity index (χ2n) is 4.51. The van der Waals surface area contributed by atoms with Crippen LogP contribution in [0.3, 0.4) is 0 Å². The van der Waals surface area contributed by atoms with Crippen LogP contribution in [0.15, 0.2) is 36.4 Å². The largest absolute Gasteiger partial charge is 0.504 e. The number of phenolic OH excluding ortho intramolecular Hbond substituents is 1. The molecule has 0 saturated carbocycles. The molecule has 3 N–H and O–H groups in total. The quantitative estimate of drug-likeness (QED) is 0.828. The van der Waals surface area contributed by atoms with Crippen molar-refractivity contribution in [1.29, 1.82) is 0 Å². The minimum Gasteiger partial charge on any atom is -0.504 e. The van der Waals surface area contributed by atoms with Crippen molar-refractivity contribution < 1.29 is 23.0 Å². The Hall–Kier alpha value is -2.37. The molecule has 6 heteroatoms. The van der Waals surface area contributed by atoms with Crippen LogP contribution in [0.2, 0.25) is 0 Å². The average molecular weight is 297 g/mol. The van der Waals surface area contributed by atoms with Crippen LogP contribution in [0.4, 0.5) is 18.9 Å². The van der Waals surface area contributed by atoms with E-state index >= 15 is 0 Å². The molecule has 0 aromatic heterocycles. The summed E-state index contributed by atoms with van der Waals surface area (Å²) in [5, 5.41) is 9.80. The third kappa shape index (κ3) is 3.39. The van der Waals surface area contributed by atoms with Crippen LogP contribution in [0.1, 0.15) is 18.1 Å². The summed E-state index contributed by atoms with van der Waals surface area (Å²) in [6, 6.07) is 7.81. The van der Waals surface area contributed by atoms with Gasteiger partial charge in [0.15, 0.2) is 11.5 Å². The Labute approximate surface area is 119 Å². The maximum absolute atomic E-state index is 13.0. The first-order chi connectivity index (χ1) is 9.81. The van der Waals surface area contributed by atoms with Crippen molar-refractivity contribution >= 4 is 5.69 Å². The summed E-state index contributed by atoms with van der Waals surface area (Å²) >= 11 is 0. The molecule has 0 atom stereocenters. The first-order valence-electron chi connectivity index (χ1n) is 6.27. The topological polar surface area (TPSA) is 55.5 Å². The van der Waals surface area contributed by atoms with Gasteiger partial charge in [0.25, 0.3) is 0 Å². The fourth-order valence-electron chi connectivity index (χ4n) is 1.85. The molecule has 3 nitrogen and oxygen atoms in total. The van der Waals surface area contributed by atoms with Gasteiger partial charge < -0.3 is 15.6 Å². The number of halogens is 3. The number of rotatable bonds is 3. The number of nitrogen functional groups attached to an aromatic ring is 1. The van der Waals surface area contributed by atoms with E-state index < -0.39 is 17.5 Å². The molecular weight excluding hydrogens is 283 g/mol. The Morgan fingerprint density at radius 3 is 2.33 bits per heavy atom. The molecule has 112 valence electrons. The van der Waals surface area contributed by atoms with Gasteiger partial charge in [-0.3, -0.25) is 0 Å². The van der Waals surface area contributed by atoms with Gasteiger partial charge in [-0.2, -0.15) is 13.2 Å². The Balaban J connectivity index is 2.40. The van der Waals surface area contributed by atoms with Crippen LogP contribution in [0.25, 0.3) is 0 Å². The Morgan fingerprint density at radius 1 is 1.10 bits per heavy atom. The molecule has 2 aromatic carbocycles. The van der Waals surface area contributed by atoms with Gasteiger partial charge in [-0.1, -0.05) is 13.0 Å². The molecule has 0 radical (unpaired) electrons. The molecule has 0 fully saturated rings. The van der Waals surface area contributed by atoms with E-state index in [4.69, 9.17) is 10.5 Å². The molecule has 0 unspecified atom stereocenters. The van der Waals surface area contributed by atoms with Gasteiger partial charge in [-0.15, -0.1) is 0 Å². The number of alkyl halides is 3. The lowest BCUT2D eigenvalue weighted by atomic mass is 10.1. The van der Waals surface area contributed by atoms with Crippen molar-refractivity contribution in [3.8, 4) is 17.2 Å². The lowest BCUT2D eigenvalue weighted by Crippen LogP contribution is -2.08. The van der Waals surface area contributed by atoms with Crippen molar-refractivity contribution in [2.45, 2.75) is 19.5 Å². The first-order valence-corrected chi connectivity index (χ1v) is 6.27. The zero-order valence-corrected chi connectivity index (χ0v) is 11.2. The van der Waals surface area contributed by atoms with E-state index in [1.54, 1.807) is 6.07 Å². The number of hydrogen-bond donors (Lipinski definition) is 2. The number of benzene rings is 2. The highest BCUT2D eigenvalue weighted by molar-refractivity contribution is 5.52. The second-order valence-corrected chi connectivity index (χ2v) is 4.51. The van der Waals surface area contributed by atoms with Crippen LogP contribution in [-0.2, 0) is 12.6 Å². The molecule has 0 aliphatic carbocycles. The number of anilines is 1. The van der Waals surface area contributed by atoms with E-state index in [2.05, 4.69) is 0 Å². The van der Waals surface area contributed by atoms with Gasteiger partial charge in [0.05, 0.1) is 0 Å². The summed E-state index contributed by atoms with van der Waals surface area (Å²) in [7, 11) is 0. The molecule has 0 bridgehead atoms. The maximum atomic E-state index is 13.0. The fourth-order valence-corrected chi connectivity index (χ4v) is 1.85.